The van der Waals surface area contributed by atoms with Gasteiger partial charge in [-0.2, -0.15) is 0 Å². The third kappa shape index (κ3) is 10.2. The second kappa shape index (κ2) is 9.83. The Kier molecular flexibility index (Phi) is 9.83. The predicted molar refractivity (Wildman–Crippen MR) is 65.2 cm³/mol. The average Bonchev–Trinajstić information content (AvgIpc) is 2.28. The maximum atomic E-state index is 10.5. The van der Waals surface area contributed by atoms with E-state index >= 15 is 0 Å². The summed E-state index contributed by atoms with van der Waals surface area (Å²) in [4.78, 5) is 30.2. The molecule has 0 bridgehead atoms. The van der Waals surface area contributed by atoms with Crippen LogP contribution in [0.15, 0.2) is 36.0 Å². The van der Waals surface area contributed by atoms with Gasteiger partial charge in [0.15, 0.2) is 0 Å². The van der Waals surface area contributed by atoms with Gasteiger partial charge >= 0.3 is 17.9 Å². The number of carbonyl (C=O) groups is 3. The quantitative estimate of drug-likeness (QED) is 0.509. The third-order valence-electron chi connectivity index (χ3n) is 1.55. The van der Waals surface area contributed by atoms with Crippen molar-refractivity contribution < 1.29 is 29.7 Å². The summed E-state index contributed by atoms with van der Waals surface area (Å²) in [5.74, 6) is -3.20. The number of allylic oxidation sites excluding steroid dienone is 1. The Morgan fingerprint density at radius 2 is 1.56 bits per heavy atom. The van der Waals surface area contributed by atoms with Crippen LogP contribution in [0.3, 0.4) is 0 Å². The SMILES string of the molecule is C=CC(=O)O.CCC=C(C=C(C)C(=O)O)C(=O)O. The Bertz CT molecular complexity index is 389. The van der Waals surface area contributed by atoms with Crippen LogP contribution in [0.5, 0.6) is 0 Å². The topological polar surface area (TPSA) is 112 Å². The summed E-state index contributed by atoms with van der Waals surface area (Å²) >= 11 is 0. The zero-order valence-corrected chi connectivity index (χ0v) is 10.2. The van der Waals surface area contributed by atoms with Crippen LogP contribution in [0.25, 0.3) is 0 Å². The monoisotopic (exact) mass is 256 g/mol. The lowest BCUT2D eigenvalue weighted by atomic mass is 10.1. The fourth-order valence-corrected chi connectivity index (χ4v) is 0.723. The van der Waals surface area contributed by atoms with Crippen molar-refractivity contribution in [3.05, 3.63) is 36.0 Å². The second-order valence-corrected chi connectivity index (χ2v) is 3.05. The van der Waals surface area contributed by atoms with Crippen molar-refractivity contribution in [2.45, 2.75) is 20.3 Å². The lowest BCUT2D eigenvalue weighted by Gasteiger charge is -1.95. The van der Waals surface area contributed by atoms with E-state index in [-0.39, 0.29) is 11.1 Å². The highest BCUT2D eigenvalue weighted by atomic mass is 16.4. The van der Waals surface area contributed by atoms with Crippen LogP contribution in [0.2, 0.25) is 0 Å². The molecule has 0 radical (unpaired) electrons. The predicted octanol–water partition coefficient (Wildman–Crippen LogP) is 1.70. The summed E-state index contributed by atoms with van der Waals surface area (Å²) in [5.41, 5.74) is 0.0319. The number of aliphatic carboxylic acids is 3. The van der Waals surface area contributed by atoms with E-state index in [2.05, 4.69) is 6.58 Å². The molecule has 0 unspecified atom stereocenters. The maximum Gasteiger partial charge on any atom is 0.335 e. The van der Waals surface area contributed by atoms with E-state index in [1.807, 2.05) is 0 Å². The van der Waals surface area contributed by atoms with Crippen molar-refractivity contribution in [2.24, 2.45) is 0 Å². The molecule has 0 aliphatic heterocycles. The molecule has 0 saturated carbocycles. The van der Waals surface area contributed by atoms with Crippen LogP contribution in [0.4, 0.5) is 0 Å². The molecule has 0 heterocycles. The largest absolute Gasteiger partial charge is 0.478 e. The van der Waals surface area contributed by atoms with Crippen LogP contribution < -0.4 is 0 Å². The van der Waals surface area contributed by atoms with Crippen LogP contribution in [-0.4, -0.2) is 33.2 Å². The molecule has 3 N–H and O–H groups in total. The Hall–Kier alpha value is -2.37. The van der Waals surface area contributed by atoms with Gasteiger partial charge in [-0.15, -0.1) is 0 Å². The highest BCUT2D eigenvalue weighted by Gasteiger charge is 2.06. The molecule has 0 amide bonds. The van der Waals surface area contributed by atoms with E-state index in [4.69, 9.17) is 15.3 Å². The first kappa shape index (κ1) is 18.0. The molecule has 0 spiro atoms. The molecule has 6 heteroatoms. The van der Waals surface area contributed by atoms with E-state index in [9.17, 15) is 14.4 Å². The fraction of sp³-hybridized carbons (Fsp3) is 0.250. The lowest BCUT2D eigenvalue weighted by Crippen LogP contribution is -2.02. The highest BCUT2D eigenvalue weighted by molar-refractivity contribution is 5.94. The Morgan fingerprint density at radius 3 is 1.78 bits per heavy atom. The van der Waals surface area contributed by atoms with E-state index in [0.717, 1.165) is 12.2 Å². The highest BCUT2D eigenvalue weighted by Crippen LogP contribution is 2.04. The number of carboxylic acid groups (broad SMARTS) is 3. The van der Waals surface area contributed by atoms with E-state index in [0.29, 0.717) is 6.42 Å². The average molecular weight is 256 g/mol. The third-order valence-corrected chi connectivity index (χ3v) is 1.55. The second-order valence-electron chi connectivity index (χ2n) is 3.05. The molecular formula is C12H16O6. The van der Waals surface area contributed by atoms with E-state index < -0.39 is 17.9 Å². The molecule has 0 fully saturated rings. The fourth-order valence-electron chi connectivity index (χ4n) is 0.723. The molecule has 0 aromatic heterocycles. The Morgan fingerprint density at radius 1 is 1.11 bits per heavy atom. The number of rotatable bonds is 5. The first-order valence-electron chi connectivity index (χ1n) is 4.96. The molecular weight excluding hydrogens is 240 g/mol. The molecule has 0 aromatic rings. The molecule has 0 rings (SSSR count). The molecule has 100 valence electrons. The van der Waals surface area contributed by atoms with Crippen LogP contribution in [-0.2, 0) is 14.4 Å². The van der Waals surface area contributed by atoms with Crippen LogP contribution in [0, 0.1) is 0 Å². The number of carboxylic acids is 3. The van der Waals surface area contributed by atoms with Crippen molar-refractivity contribution in [1.29, 1.82) is 0 Å². The van der Waals surface area contributed by atoms with Gasteiger partial charge in [0.1, 0.15) is 0 Å². The van der Waals surface area contributed by atoms with E-state index in [1.165, 1.54) is 13.0 Å². The van der Waals surface area contributed by atoms with Gasteiger partial charge in [-0.25, -0.2) is 14.4 Å². The number of hydrogen-bond donors (Lipinski definition) is 3. The van der Waals surface area contributed by atoms with Gasteiger partial charge in [-0.05, 0) is 19.4 Å². The minimum Gasteiger partial charge on any atom is -0.478 e. The first-order chi connectivity index (χ1) is 8.26. The summed E-state index contributed by atoms with van der Waals surface area (Å²) in [6.45, 7) is 6.10. The molecule has 0 atom stereocenters. The summed E-state index contributed by atoms with van der Waals surface area (Å²) in [7, 11) is 0. The van der Waals surface area contributed by atoms with Gasteiger partial charge in [0.05, 0.1) is 5.57 Å². The molecule has 18 heavy (non-hydrogen) atoms. The summed E-state index contributed by atoms with van der Waals surface area (Å²) < 4.78 is 0. The molecule has 6 nitrogen and oxygen atoms in total. The normalized spacial score (nSPS) is 11.0. The minimum absolute atomic E-state index is 0.0158. The Labute approximate surface area is 105 Å². The van der Waals surface area contributed by atoms with E-state index in [1.54, 1.807) is 6.92 Å². The smallest absolute Gasteiger partial charge is 0.335 e. The van der Waals surface area contributed by atoms with Crippen LogP contribution in [0.1, 0.15) is 20.3 Å². The standard InChI is InChI=1S/C9H12O4.C3H4O2/c1-3-4-7(9(12)13)5-6(2)8(10)11;1-2-3(4)5/h4-5H,3H2,1-2H3,(H,10,11)(H,12,13);2H,1H2,(H,4,5). The number of hydrogen-bond acceptors (Lipinski definition) is 3. The zero-order valence-electron chi connectivity index (χ0n) is 10.2. The van der Waals surface area contributed by atoms with Gasteiger partial charge < -0.3 is 15.3 Å². The van der Waals surface area contributed by atoms with Gasteiger partial charge in [0.25, 0.3) is 0 Å². The lowest BCUT2D eigenvalue weighted by molar-refractivity contribution is -0.133. The van der Waals surface area contributed by atoms with Gasteiger partial charge in [-0.3, -0.25) is 0 Å². The zero-order chi connectivity index (χ0) is 14.7. The molecule has 0 aliphatic carbocycles. The summed E-state index contributed by atoms with van der Waals surface area (Å²) in [5, 5.41) is 24.7. The van der Waals surface area contributed by atoms with Crippen LogP contribution >= 0.6 is 0 Å². The van der Waals surface area contributed by atoms with Gasteiger partial charge in [0, 0.05) is 11.6 Å². The van der Waals surface area contributed by atoms with Crippen molar-refractivity contribution in [1.82, 2.24) is 0 Å². The first-order valence-corrected chi connectivity index (χ1v) is 4.96. The molecule has 0 aliphatic rings. The van der Waals surface area contributed by atoms with Gasteiger partial charge in [0.2, 0.25) is 0 Å². The summed E-state index contributed by atoms with van der Waals surface area (Å²) in [6, 6.07) is 0. The Balaban J connectivity index is 0. The van der Waals surface area contributed by atoms with Crippen molar-refractivity contribution in [3.63, 3.8) is 0 Å². The van der Waals surface area contributed by atoms with Gasteiger partial charge in [-0.1, -0.05) is 19.6 Å². The van der Waals surface area contributed by atoms with Crippen molar-refractivity contribution in [3.8, 4) is 0 Å². The summed E-state index contributed by atoms with van der Waals surface area (Å²) in [6.07, 6.45) is 4.01. The van der Waals surface area contributed by atoms with Crippen molar-refractivity contribution in [2.75, 3.05) is 0 Å². The molecule has 0 saturated heterocycles. The van der Waals surface area contributed by atoms with Crippen molar-refractivity contribution >= 4 is 17.9 Å². The maximum absolute atomic E-state index is 10.5. The minimum atomic E-state index is -1.11. The molecule has 0 aromatic carbocycles.